The Morgan fingerprint density at radius 1 is 1.19 bits per heavy atom. The summed E-state index contributed by atoms with van der Waals surface area (Å²) in [6, 6.07) is 10.3. The highest BCUT2D eigenvalue weighted by Crippen LogP contribution is 2.31. The van der Waals surface area contributed by atoms with Crippen LogP contribution in [0.1, 0.15) is 48.5 Å². The molecule has 1 saturated carbocycles. The zero-order valence-electron chi connectivity index (χ0n) is 15.9. The number of aryl methyl sites for hydroxylation is 1. The first-order chi connectivity index (χ1) is 13.2. The van der Waals surface area contributed by atoms with E-state index in [9.17, 15) is 4.79 Å². The quantitative estimate of drug-likeness (QED) is 0.517. The van der Waals surface area contributed by atoms with E-state index in [4.69, 9.17) is 9.72 Å². The molecule has 0 atom stereocenters. The van der Waals surface area contributed by atoms with E-state index in [1.54, 1.807) is 18.4 Å². The van der Waals surface area contributed by atoms with Crippen LogP contribution in [-0.4, -0.2) is 24.0 Å². The van der Waals surface area contributed by atoms with E-state index in [1.165, 1.54) is 11.1 Å². The number of hydrogen-bond donors (Lipinski definition) is 0. The Kier molecular flexibility index (Phi) is 5.37. The third kappa shape index (κ3) is 3.69. The van der Waals surface area contributed by atoms with Gasteiger partial charge >= 0.3 is 0 Å². The Morgan fingerprint density at radius 2 is 2.00 bits per heavy atom. The third-order valence-electron chi connectivity index (χ3n) is 5.73. The molecular weight excluding hydrogens is 354 g/mol. The number of rotatable bonds is 5. The van der Waals surface area contributed by atoms with Gasteiger partial charge in [0, 0.05) is 34.9 Å². The lowest BCUT2D eigenvalue weighted by molar-refractivity contribution is 0.0519. The maximum absolute atomic E-state index is 13.0. The second-order valence-electron chi connectivity index (χ2n) is 7.34. The number of fused-ring (bicyclic) bond motifs is 1. The molecule has 3 aromatic rings. The van der Waals surface area contributed by atoms with Gasteiger partial charge in [-0.05, 0) is 73.4 Å². The number of hydrogen-bond acceptors (Lipinski definition) is 4. The molecule has 0 amide bonds. The molecular formula is C23H25NO2S. The van der Waals surface area contributed by atoms with Crippen LogP contribution in [0.3, 0.4) is 0 Å². The first-order valence-electron chi connectivity index (χ1n) is 9.73. The number of nitrogens with zero attached hydrogens (tertiary/aromatic N) is 1. The molecule has 0 N–H and O–H groups in total. The molecule has 4 rings (SSSR count). The fourth-order valence-corrected chi connectivity index (χ4v) is 4.73. The fraction of sp³-hybridized carbons (Fsp3) is 0.391. The highest BCUT2D eigenvalue weighted by Gasteiger charge is 2.27. The molecule has 1 aliphatic carbocycles. The largest absolute Gasteiger partial charge is 0.381 e. The van der Waals surface area contributed by atoms with E-state index < -0.39 is 0 Å². The van der Waals surface area contributed by atoms with Crippen LogP contribution >= 0.6 is 11.3 Å². The number of methoxy groups -OCH3 is 1. The van der Waals surface area contributed by atoms with Crippen molar-refractivity contribution < 1.29 is 9.53 Å². The number of thiophene rings is 1. The van der Waals surface area contributed by atoms with Crippen molar-refractivity contribution >= 4 is 28.0 Å². The summed E-state index contributed by atoms with van der Waals surface area (Å²) >= 11 is 1.69. The van der Waals surface area contributed by atoms with Gasteiger partial charge in [0.1, 0.15) is 0 Å². The predicted molar refractivity (Wildman–Crippen MR) is 112 cm³/mol. The lowest BCUT2D eigenvalue weighted by atomic mass is 9.82. The van der Waals surface area contributed by atoms with Gasteiger partial charge in [-0.15, -0.1) is 0 Å². The van der Waals surface area contributed by atoms with Gasteiger partial charge in [-0.1, -0.05) is 6.92 Å². The number of ether oxygens (including phenoxy) is 1. The maximum atomic E-state index is 13.0. The molecule has 4 heteroatoms. The second-order valence-corrected chi connectivity index (χ2v) is 8.12. The molecule has 2 heterocycles. The van der Waals surface area contributed by atoms with Crippen LogP contribution in [0, 0.1) is 5.92 Å². The summed E-state index contributed by atoms with van der Waals surface area (Å²) in [6.45, 7) is 2.15. The van der Waals surface area contributed by atoms with Crippen molar-refractivity contribution in [3.05, 3.63) is 52.2 Å². The van der Waals surface area contributed by atoms with Gasteiger partial charge in [0.15, 0.2) is 5.78 Å². The average molecular weight is 380 g/mol. The van der Waals surface area contributed by atoms with Crippen LogP contribution in [0.25, 0.3) is 22.2 Å². The molecule has 2 aromatic heterocycles. The highest BCUT2D eigenvalue weighted by molar-refractivity contribution is 7.08. The van der Waals surface area contributed by atoms with E-state index in [1.807, 2.05) is 18.2 Å². The number of Topliss-reactive ketones (excluding diaryl/α,β-unsaturated/α-hetero) is 1. The zero-order valence-corrected chi connectivity index (χ0v) is 16.7. The zero-order chi connectivity index (χ0) is 18.8. The molecule has 1 aromatic carbocycles. The van der Waals surface area contributed by atoms with Gasteiger partial charge in [0.05, 0.1) is 17.3 Å². The van der Waals surface area contributed by atoms with Crippen LogP contribution in [0.15, 0.2) is 41.1 Å². The minimum Gasteiger partial charge on any atom is -0.381 e. The van der Waals surface area contributed by atoms with Crippen molar-refractivity contribution in [2.75, 3.05) is 7.11 Å². The Labute approximate surface area is 164 Å². The van der Waals surface area contributed by atoms with Crippen LogP contribution in [0.2, 0.25) is 0 Å². The van der Waals surface area contributed by atoms with E-state index in [2.05, 4.69) is 29.8 Å². The van der Waals surface area contributed by atoms with Crippen molar-refractivity contribution in [3.8, 4) is 11.3 Å². The van der Waals surface area contributed by atoms with Gasteiger partial charge in [-0.2, -0.15) is 11.3 Å². The van der Waals surface area contributed by atoms with Crippen molar-refractivity contribution in [2.24, 2.45) is 5.92 Å². The molecule has 140 valence electrons. The molecule has 0 radical (unpaired) electrons. The summed E-state index contributed by atoms with van der Waals surface area (Å²) in [7, 11) is 1.76. The van der Waals surface area contributed by atoms with Crippen LogP contribution in [0.5, 0.6) is 0 Å². The highest BCUT2D eigenvalue weighted by atomic mass is 32.1. The topological polar surface area (TPSA) is 39.2 Å². The van der Waals surface area contributed by atoms with Crippen molar-refractivity contribution in [1.29, 1.82) is 0 Å². The van der Waals surface area contributed by atoms with Crippen LogP contribution < -0.4 is 0 Å². The van der Waals surface area contributed by atoms with E-state index in [0.29, 0.717) is 6.10 Å². The molecule has 0 saturated heterocycles. The molecule has 0 spiro atoms. The Hall–Kier alpha value is -2.04. The van der Waals surface area contributed by atoms with E-state index >= 15 is 0 Å². The molecule has 0 unspecified atom stereocenters. The Morgan fingerprint density at radius 3 is 2.67 bits per heavy atom. The lowest BCUT2D eigenvalue weighted by Crippen LogP contribution is -2.25. The van der Waals surface area contributed by atoms with Gasteiger partial charge in [-0.3, -0.25) is 4.79 Å². The number of aromatic nitrogens is 1. The number of pyridine rings is 1. The second kappa shape index (κ2) is 7.91. The SMILES string of the molecule is CCc1cc2cc(C(=O)C3CCC(OC)CC3)ccc2nc1-c1ccsc1. The summed E-state index contributed by atoms with van der Waals surface area (Å²) in [6.07, 6.45) is 5.04. The summed E-state index contributed by atoms with van der Waals surface area (Å²) < 4.78 is 5.43. The molecule has 1 fully saturated rings. The lowest BCUT2D eigenvalue weighted by Gasteiger charge is -2.26. The predicted octanol–water partition coefficient (Wildman–Crippen LogP) is 5.91. The summed E-state index contributed by atoms with van der Waals surface area (Å²) in [4.78, 5) is 17.9. The molecule has 1 aliphatic rings. The van der Waals surface area contributed by atoms with Crippen LogP contribution in [0.4, 0.5) is 0 Å². The molecule has 3 nitrogen and oxygen atoms in total. The summed E-state index contributed by atoms with van der Waals surface area (Å²) in [5.74, 6) is 0.393. The number of benzene rings is 1. The number of carbonyl (C=O) groups excluding carboxylic acids is 1. The minimum absolute atomic E-state index is 0.123. The van der Waals surface area contributed by atoms with Gasteiger partial charge in [-0.25, -0.2) is 4.98 Å². The van der Waals surface area contributed by atoms with Gasteiger partial charge in [0.25, 0.3) is 0 Å². The average Bonchev–Trinajstić information content (AvgIpc) is 3.26. The monoisotopic (exact) mass is 379 g/mol. The number of carbonyl (C=O) groups is 1. The Balaban J connectivity index is 1.64. The third-order valence-corrected chi connectivity index (χ3v) is 6.42. The standard InChI is InChI=1S/C23H25NO2S/c1-3-15-12-19-13-17(23(25)16-4-7-20(26-2)8-5-16)6-9-21(19)24-22(15)18-10-11-27-14-18/h6,9-14,16,20H,3-5,7-8H2,1-2H3. The van der Waals surface area contributed by atoms with Crippen molar-refractivity contribution in [2.45, 2.75) is 45.1 Å². The van der Waals surface area contributed by atoms with E-state index in [-0.39, 0.29) is 11.7 Å². The first-order valence-corrected chi connectivity index (χ1v) is 10.7. The molecule has 0 bridgehead atoms. The van der Waals surface area contributed by atoms with Crippen molar-refractivity contribution in [1.82, 2.24) is 4.98 Å². The normalized spacial score (nSPS) is 20.1. The fourth-order valence-electron chi connectivity index (χ4n) is 4.09. The van der Waals surface area contributed by atoms with Crippen LogP contribution in [-0.2, 0) is 11.2 Å². The number of ketones is 1. The molecule has 0 aliphatic heterocycles. The molecule has 27 heavy (non-hydrogen) atoms. The minimum atomic E-state index is 0.123. The van der Waals surface area contributed by atoms with Gasteiger partial charge in [0.2, 0.25) is 0 Å². The summed E-state index contributed by atoms with van der Waals surface area (Å²) in [5, 5.41) is 5.28. The summed E-state index contributed by atoms with van der Waals surface area (Å²) in [5.41, 5.74) is 5.23. The van der Waals surface area contributed by atoms with Gasteiger partial charge < -0.3 is 4.74 Å². The Bertz CT molecular complexity index is 940. The maximum Gasteiger partial charge on any atom is 0.165 e. The van der Waals surface area contributed by atoms with E-state index in [0.717, 1.165) is 54.3 Å². The first kappa shape index (κ1) is 18.3. The van der Waals surface area contributed by atoms with Crippen molar-refractivity contribution in [3.63, 3.8) is 0 Å². The smallest absolute Gasteiger partial charge is 0.165 e.